The van der Waals surface area contributed by atoms with Crippen LogP contribution in [0.2, 0.25) is 0 Å². The Morgan fingerprint density at radius 1 is 1.23 bits per heavy atom. The Kier molecular flexibility index (Phi) is 3.74. The Bertz CT molecular complexity index is 148. The van der Waals surface area contributed by atoms with E-state index < -0.39 is 0 Å². The maximum absolute atomic E-state index is 6.27. The first kappa shape index (κ1) is 11.0. The van der Waals surface area contributed by atoms with Gasteiger partial charge in [0.15, 0.2) is 0 Å². The van der Waals surface area contributed by atoms with Crippen molar-refractivity contribution in [2.24, 2.45) is 11.7 Å². The van der Waals surface area contributed by atoms with Crippen molar-refractivity contribution < 1.29 is 0 Å². The molecule has 0 aromatic rings. The molecule has 13 heavy (non-hydrogen) atoms. The molecular formula is C11H24N2. The molecule has 0 heterocycles. The third-order valence-corrected chi connectivity index (χ3v) is 3.64. The van der Waals surface area contributed by atoms with Gasteiger partial charge in [0, 0.05) is 11.6 Å². The zero-order valence-corrected chi connectivity index (χ0v) is 9.27. The average Bonchev–Trinajstić information content (AvgIpc) is 2.18. The molecule has 1 saturated carbocycles. The van der Waals surface area contributed by atoms with E-state index in [0.29, 0.717) is 6.04 Å². The molecule has 1 unspecified atom stereocenters. The van der Waals surface area contributed by atoms with Gasteiger partial charge in [-0.15, -0.1) is 0 Å². The van der Waals surface area contributed by atoms with Crippen LogP contribution in [0, 0.1) is 5.92 Å². The predicted octanol–water partition coefficient (Wildman–Crippen LogP) is 1.89. The van der Waals surface area contributed by atoms with Gasteiger partial charge in [-0.1, -0.05) is 19.3 Å². The van der Waals surface area contributed by atoms with E-state index in [-0.39, 0.29) is 5.54 Å². The van der Waals surface area contributed by atoms with Crippen LogP contribution < -0.4 is 11.1 Å². The molecule has 0 amide bonds. The lowest BCUT2D eigenvalue weighted by atomic mass is 9.77. The predicted molar refractivity (Wildman–Crippen MR) is 57.7 cm³/mol. The number of hydrogen-bond acceptors (Lipinski definition) is 2. The molecule has 0 spiro atoms. The van der Waals surface area contributed by atoms with Crippen molar-refractivity contribution in [3.8, 4) is 0 Å². The summed E-state index contributed by atoms with van der Waals surface area (Å²) in [6.07, 6.45) is 6.80. The summed E-state index contributed by atoms with van der Waals surface area (Å²) in [5, 5.41) is 3.31. The largest absolute Gasteiger partial charge is 0.326 e. The van der Waals surface area contributed by atoms with E-state index in [1.165, 1.54) is 32.1 Å². The molecule has 78 valence electrons. The first-order valence-electron chi connectivity index (χ1n) is 5.52. The molecule has 0 aromatic heterocycles. The molecule has 0 radical (unpaired) electrons. The molecular weight excluding hydrogens is 160 g/mol. The lowest BCUT2D eigenvalue weighted by Gasteiger charge is -2.38. The quantitative estimate of drug-likeness (QED) is 0.703. The Morgan fingerprint density at radius 3 is 2.23 bits per heavy atom. The second-order valence-corrected chi connectivity index (χ2v) is 4.90. The van der Waals surface area contributed by atoms with Crippen molar-refractivity contribution in [3.05, 3.63) is 0 Å². The molecule has 1 aliphatic rings. The summed E-state index contributed by atoms with van der Waals surface area (Å²) in [6.45, 7) is 4.40. The molecule has 2 heteroatoms. The van der Waals surface area contributed by atoms with Crippen molar-refractivity contribution in [1.29, 1.82) is 0 Å². The van der Waals surface area contributed by atoms with Gasteiger partial charge in [0.1, 0.15) is 0 Å². The van der Waals surface area contributed by atoms with Crippen LogP contribution in [0.25, 0.3) is 0 Å². The van der Waals surface area contributed by atoms with Crippen molar-refractivity contribution >= 4 is 0 Å². The average molecular weight is 184 g/mol. The van der Waals surface area contributed by atoms with Gasteiger partial charge in [-0.2, -0.15) is 0 Å². The highest BCUT2D eigenvalue weighted by Crippen LogP contribution is 2.29. The highest BCUT2D eigenvalue weighted by Gasteiger charge is 2.31. The van der Waals surface area contributed by atoms with Crippen LogP contribution in [0.1, 0.15) is 46.0 Å². The molecule has 0 bridgehead atoms. The first-order chi connectivity index (χ1) is 6.08. The summed E-state index contributed by atoms with van der Waals surface area (Å²) in [6, 6.07) is 0.304. The summed E-state index contributed by atoms with van der Waals surface area (Å²) < 4.78 is 0. The molecule has 3 N–H and O–H groups in total. The Hall–Kier alpha value is -0.0800. The van der Waals surface area contributed by atoms with Gasteiger partial charge in [0.2, 0.25) is 0 Å². The van der Waals surface area contributed by atoms with E-state index in [1.54, 1.807) is 0 Å². The van der Waals surface area contributed by atoms with E-state index in [2.05, 4.69) is 19.2 Å². The van der Waals surface area contributed by atoms with Gasteiger partial charge in [0.25, 0.3) is 0 Å². The fourth-order valence-corrected chi connectivity index (χ4v) is 2.25. The highest BCUT2D eigenvalue weighted by molar-refractivity contribution is 4.93. The summed E-state index contributed by atoms with van der Waals surface area (Å²) in [5.74, 6) is 0.733. The molecule has 0 aromatic carbocycles. The second kappa shape index (κ2) is 4.43. The van der Waals surface area contributed by atoms with E-state index in [0.717, 1.165) is 5.92 Å². The van der Waals surface area contributed by atoms with E-state index in [9.17, 15) is 0 Å². The zero-order valence-electron chi connectivity index (χ0n) is 9.27. The van der Waals surface area contributed by atoms with Gasteiger partial charge >= 0.3 is 0 Å². The van der Waals surface area contributed by atoms with Gasteiger partial charge in [-0.3, -0.25) is 0 Å². The maximum atomic E-state index is 6.27. The first-order valence-corrected chi connectivity index (χ1v) is 5.52. The molecule has 1 atom stereocenters. The number of nitrogens with one attached hydrogen (secondary N) is 1. The molecule has 0 aliphatic heterocycles. The van der Waals surface area contributed by atoms with E-state index in [4.69, 9.17) is 5.73 Å². The Labute approximate surface area is 82.3 Å². The van der Waals surface area contributed by atoms with Crippen molar-refractivity contribution in [3.63, 3.8) is 0 Å². The van der Waals surface area contributed by atoms with Crippen LogP contribution in [0.15, 0.2) is 0 Å². The summed E-state index contributed by atoms with van der Waals surface area (Å²) in [5.41, 5.74) is 6.36. The van der Waals surface area contributed by atoms with Gasteiger partial charge in [0.05, 0.1) is 0 Å². The minimum atomic E-state index is 0.0853. The van der Waals surface area contributed by atoms with Crippen molar-refractivity contribution in [2.75, 3.05) is 7.05 Å². The Morgan fingerprint density at radius 2 is 1.77 bits per heavy atom. The number of nitrogens with two attached hydrogens (primary N) is 1. The maximum Gasteiger partial charge on any atom is 0.0276 e. The summed E-state index contributed by atoms with van der Waals surface area (Å²) >= 11 is 0. The van der Waals surface area contributed by atoms with Gasteiger partial charge in [-0.05, 0) is 39.7 Å². The second-order valence-electron chi connectivity index (χ2n) is 4.90. The zero-order chi connectivity index (χ0) is 9.90. The van der Waals surface area contributed by atoms with Crippen LogP contribution in [0.4, 0.5) is 0 Å². The number of hydrogen-bond donors (Lipinski definition) is 2. The van der Waals surface area contributed by atoms with Crippen molar-refractivity contribution in [2.45, 2.75) is 57.5 Å². The summed E-state index contributed by atoms with van der Waals surface area (Å²) in [7, 11) is 2.00. The molecule has 1 aliphatic carbocycles. The van der Waals surface area contributed by atoms with Gasteiger partial charge < -0.3 is 11.1 Å². The minimum Gasteiger partial charge on any atom is -0.326 e. The third-order valence-electron chi connectivity index (χ3n) is 3.64. The number of likely N-dealkylation sites (N-methyl/N-ethyl adjacent to an activating group) is 1. The third kappa shape index (κ3) is 2.68. The SMILES string of the molecule is CNC(C)(C)C(N)C1CCCCC1. The molecule has 1 fully saturated rings. The lowest BCUT2D eigenvalue weighted by molar-refractivity contribution is 0.213. The van der Waals surface area contributed by atoms with Crippen LogP contribution >= 0.6 is 0 Å². The Balaban J connectivity index is 2.49. The fourth-order valence-electron chi connectivity index (χ4n) is 2.25. The van der Waals surface area contributed by atoms with Crippen molar-refractivity contribution in [1.82, 2.24) is 5.32 Å². The van der Waals surface area contributed by atoms with Crippen LogP contribution in [0.5, 0.6) is 0 Å². The molecule has 2 nitrogen and oxygen atoms in total. The van der Waals surface area contributed by atoms with E-state index in [1.807, 2.05) is 7.05 Å². The lowest BCUT2D eigenvalue weighted by Crippen LogP contribution is -2.56. The standard InChI is InChI=1S/C11H24N2/c1-11(2,13-3)10(12)9-7-5-4-6-8-9/h9-10,13H,4-8,12H2,1-3H3. The van der Waals surface area contributed by atoms with Crippen LogP contribution in [-0.4, -0.2) is 18.6 Å². The van der Waals surface area contributed by atoms with Crippen LogP contribution in [0.3, 0.4) is 0 Å². The fraction of sp³-hybridized carbons (Fsp3) is 1.00. The van der Waals surface area contributed by atoms with E-state index >= 15 is 0 Å². The summed E-state index contributed by atoms with van der Waals surface area (Å²) in [4.78, 5) is 0. The van der Waals surface area contributed by atoms with Gasteiger partial charge in [-0.25, -0.2) is 0 Å². The molecule has 1 rings (SSSR count). The van der Waals surface area contributed by atoms with Crippen LogP contribution in [-0.2, 0) is 0 Å². The number of rotatable bonds is 3. The monoisotopic (exact) mass is 184 g/mol. The smallest absolute Gasteiger partial charge is 0.0276 e. The normalized spacial score (nSPS) is 23.1. The molecule has 0 saturated heterocycles. The topological polar surface area (TPSA) is 38.0 Å². The highest BCUT2D eigenvalue weighted by atomic mass is 15.0. The minimum absolute atomic E-state index is 0.0853.